The van der Waals surface area contributed by atoms with Gasteiger partial charge in [0.1, 0.15) is 5.84 Å². The summed E-state index contributed by atoms with van der Waals surface area (Å²) in [6.07, 6.45) is -0.285. The van der Waals surface area contributed by atoms with E-state index < -0.39 is 0 Å². The molecule has 0 fully saturated rings. The Morgan fingerprint density at radius 3 is 1.71 bits per heavy atom. The lowest BCUT2D eigenvalue weighted by Gasteiger charge is -2.32. The van der Waals surface area contributed by atoms with Crippen LogP contribution in [0.2, 0.25) is 0 Å². The molecule has 0 spiro atoms. The molecule has 0 bridgehead atoms. The molecule has 1 aliphatic heterocycles. The molecule has 0 amide bonds. The zero-order valence-electron chi connectivity index (χ0n) is 35.7. The quantitative estimate of drug-likeness (QED) is 0.164. The number of rotatable bonds is 6. The summed E-state index contributed by atoms with van der Waals surface area (Å²) in [4.78, 5) is 13.0. The van der Waals surface area contributed by atoms with Gasteiger partial charge in [-0.2, -0.15) is 0 Å². The van der Waals surface area contributed by atoms with Crippen LogP contribution in [0.15, 0.2) is 234 Å². The molecule has 2 aromatic heterocycles. The SMILES string of the molecule is CN1C(c2cccc(-n3c4ccccc4c4ccc(-c5ccc6c(c5)c5ccccc5n6-c5ccccc5)cc43)c2)=NC(c2ccc3ccccc3c2)=NC1c1ccc2ccccc2c1. The molecule has 0 aliphatic carbocycles. The highest BCUT2D eigenvalue weighted by Crippen LogP contribution is 2.39. The van der Waals surface area contributed by atoms with E-state index in [4.69, 9.17) is 9.98 Å². The minimum absolute atomic E-state index is 0.285. The Kier molecular flexibility index (Phi) is 8.43. The van der Waals surface area contributed by atoms with E-state index in [0.717, 1.165) is 56.2 Å². The molecule has 12 aromatic rings. The molecule has 0 saturated heterocycles. The molecule has 1 aliphatic rings. The van der Waals surface area contributed by atoms with Crippen LogP contribution in [0.4, 0.5) is 0 Å². The lowest BCUT2D eigenvalue weighted by atomic mass is 10.0. The van der Waals surface area contributed by atoms with Crippen molar-refractivity contribution < 1.29 is 0 Å². The fourth-order valence-corrected chi connectivity index (χ4v) is 10.1. The fraction of sp³-hybridized carbons (Fsp3) is 0.0333. The van der Waals surface area contributed by atoms with Gasteiger partial charge in [0.15, 0.2) is 12.0 Å². The van der Waals surface area contributed by atoms with Crippen LogP contribution in [-0.4, -0.2) is 32.8 Å². The van der Waals surface area contributed by atoms with Crippen LogP contribution < -0.4 is 0 Å². The molecule has 0 N–H and O–H groups in total. The van der Waals surface area contributed by atoms with Crippen LogP contribution in [0.25, 0.3) is 87.7 Å². The summed E-state index contributed by atoms with van der Waals surface area (Å²) in [6, 6.07) is 81.0. The number of hydrogen-bond donors (Lipinski definition) is 0. The topological polar surface area (TPSA) is 37.8 Å². The van der Waals surface area contributed by atoms with Crippen molar-refractivity contribution in [3.8, 4) is 22.5 Å². The third kappa shape index (κ3) is 6.08. The Morgan fingerprint density at radius 1 is 0.354 bits per heavy atom. The average Bonchev–Trinajstić information content (AvgIpc) is 3.88. The molecule has 0 radical (unpaired) electrons. The summed E-state index contributed by atoms with van der Waals surface area (Å²) in [7, 11) is 2.12. The van der Waals surface area contributed by atoms with E-state index in [-0.39, 0.29) is 6.17 Å². The normalized spacial score (nSPS) is 14.2. The first kappa shape index (κ1) is 37.1. The Bertz CT molecular complexity index is 3930. The predicted molar refractivity (Wildman–Crippen MR) is 272 cm³/mol. The molecule has 3 heterocycles. The molecular formula is C60H41N5. The van der Waals surface area contributed by atoms with Crippen LogP contribution >= 0.6 is 0 Å². The smallest absolute Gasteiger partial charge is 0.159 e. The summed E-state index contributed by atoms with van der Waals surface area (Å²) >= 11 is 0. The van der Waals surface area contributed by atoms with Gasteiger partial charge in [-0.25, -0.2) is 9.98 Å². The summed E-state index contributed by atoms with van der Waals surface area (Å²) in [5, 5.41) is 9.67. The second kappa shape index (κ2) is 14.8. The molecule has 65 heavy (non-hydrogen) atoms. The highest BCUT2D eigenvalue weighted by atomic mass is 15.3. The van der Waals surface area contributed by atoms with E-state index in [2.05, 4.69) is 246 Å². The number of aliphatic imine (C=N–C) groups is 2. The Hall–Kier alpha value is -8.54. The summed E-state index contributed by atoms with van der Waals surface area (Å²) in [6.45, 7) is 0. The Labute approximate surface area is 376 Å². The molecule has 5 heteroatoms. The fourth-order valence-electron chi connectivity index (χ4n) is 10.1. The first-order valence-electron chi connectivity index (χ1n) is 22.2. The van der Waals surface area contributed by atoms with Crippen molar-refractivity contribution in [3.63, 3.8) is 0 Å². The van der Waals surface area contributed by atoms with Crippen LogP contribution in [-0.2, 0) is 0 Å². The van der Waals surface area contributed by atoms with Crippen LogP contribution in [0.5, 0.6) is 0 Å². The second-order valence-corrected chi connectivity index (χ2v) is 17.1. The van der Waals surface area contributed by atoms with Gasteiger partial charge in [-0.3, -0.25) is 0 Å². The van der Waals surface area contributed by atoms with E-state index in [9.17, 15) is 0 Å². The number of fused-ring (bicyclic) bond motifs is 8. The predicted octanol–water partition coefficient (Wildman–Crippen LogP) is 14.7. The Balaban J connectivity index is 0.954. The molecule has 13 rings (SSSR count). The van der Waals surface area contributed by atoms with Crippen molar-refractivity contribution in [2.75, 3.05) is 7.05 Å². The lowest BCUT2D eigenvalue weighted by molar-refractivity contribution is 0.383. The van der Waals surface area contributed by atoms with Gasteiger partial charge in [-0.1, -0.05) is 158 Å². The standard InChI is InChI=1S/C60H41N5/c1-63-59(61-58(45-28-26-39-14-5-7-16-41(39)34-45)62-60(63)47-29-27-40-15-6-8-17-42(40)35-47)46-18-13-21-49(36-46)65-54-24-11-9-22-50(54)52-32-30-44(38-57(52)65)43-31-33-56-53(37-43)51-23-10-12-25-55(51)64(56)48-19-3-2-4-20-48/h2-38,60H,1H3. The second-order valence-electron chi connectivity index (χ2n) is 17.1. The maximum Gasteiger partial charge on any atom is 0.159 e. The van der Waals surface area contributed by atoms with Crippen molar-refractivity contribution in [2.24, 2.45) is 9.98 Å². The van der Waals surface area contributed by atoms with E-state index in [0.29, 0.717) is 0 Å². The van der Waals surface area contributed by atoms with Gasteiger partial charge in [-0.05, 0) is 105 Å². The number of nitrogens with zero attached hydrogens (tertiary/aromatic N) is 5. The molecule has 10 aromatic carbocycles. The zero-order valence-corrected chi connectivity index (χ0v) is 35.7. The molecular weight excluding hydrogens is 791 g/mol. The van der Waals surface area contributed by atoms with Crippen molar-refractivity contribution in [3.05, 3.63) is 241 Å². The van der Waals surface area contributed by atoms with Crippen molar-refractivity contribution in [1.82, 2.24) is 14.0 Å². The van der Waals surface area contributed by atoms with Gasteiger partial charge in [0, 0.05) is 51.1 Å². The van der Waals surface area contributed by atoms with E-state index in [1.165, 1.54) is 59.9 Å². The number of amidine groups is 2. The first-order chi connectivity index (χ1) is 32.1. The molecule has 0 saturated carbocycles. The maximum absolute atomic E-state index is 5.40. The van der Waals surface area contributed by atoms with Gasteiger partial charge in [0.05, 0.1) is 22.1 Å². The van der Waals surface area contributed by atoms with Crippen LogP contribution in [0, 0.1) is 0 Å². The van der Waals surface area contributed by atoms with Crippen LogP contribution in [0.1, 0.15) is 22.9 Å². The molecule has 306 valence electrons. The average molecular weight is 832 g/mol. The minimum Gasteiger partial charge on any atom is -0.333 e. The number of benzene rings is 10. The van der Waals surface area contributed by atoms with E-state index >= 15 is 0 Å². The van der Waals surface area contributed by atoms with Crippen LogP contribution in [0.3, 0.4) is 0 Å². The molecule has 1 unspecified atom stereocenters. The van der Waals surface area contributed by atoms with Crippen molar-refractivity contribution in [1.29, 1.82) is 0 Å². The monoisotopic (exact) mass is 831 g/mol. The summed E-state index contributed by atoms with van der Waals surface area (Å²) < 4.78 is 4.79. The number of hydrogen-bond acceptors (Lipinski definition) is 3. The molecule has 1 atom stereocenters. The number of para-hydroxylation sites is 3. The molecule has 5 nitrogen and oxygen atoms in total. The Morgan fingerprint density at radius 2 is 0.923 bits per heavy atom. The largest absolute Gasteiger partial charge is 0.333 e. The van der Waals surface area contributed by atoms with Gasteiger partial charge >= 0.3 is 0 Å². The van der Waals surface area contributed by atoms with Gasteiger partial charge < -0.3 is 14.0 Å². The summed E-state index contributed by atoms with van der Waals surface area (Å²) in [5.41, 5.74) is 12.4. The zero-order chi connectivity index (χ0) is 43.0. The van der Waals surface area contributed by atoms with E-state index in [1.807, 2.05) is 0 Å². The third-order valence-electron chi connectivity index (χ3n) is 13.3. The number of aromatic nitrogens is 2. The van der Waals surface area contributed by atoms with E-state index in [1.54, 1.807) is 0 Å². The van der Waals surface area contributed by atoms with Gasteiger partial charge in [0.25, 0.3) is 0 Å². The highest BCUT2D eigenvalue weighted by molar-refractivity contribution is 6.15. The van der Waals surface area contributed by atoms with Crippen molar-refractivity contribution >= 4 is 76.8 Å². The minimum atomic E-state index is -0.285. The van der Waals surface area contributed by atoms with Gasteiger partial charge in [0.2, 0.25) is 0 Å². The third-order valence-corrected chi connectivity index (χ3v) is 13.3. The van der Waals surface area contributed by atoms with Crippen molar-refractivity contribution in [2.45, 2.75) is 6.17 Å². The first-order valence-corrected chi connectivity index (χ1v) is 22.2. The highest BCUT2D eigenvalue weighted by Gasteiger charge is 2.28. The lowest BCUT2D eigenvalue weighted by Crippen LogP contribution is -2.35. The van der Waals surface area contributed by atoms with Gasteiger partial charge in [-0.15, -0.1) is 0 Å². The maximum atomic E-state index is 5.40. The summed E-state index contributed by atoms with van der Waals surface area (Å²) in [5.74, 6) is 1.59.